The Balaban J connectivity index is 1.51. The van der Waals surface area contributed by atoms with Crippen molar-refractivity contribution in [2.45, 2.75) is 46.1 Å². The van der Waals surface area contributed by atoms with Crippen molar-refractivity contribution < 1.29 is 0 Å². The van der Waals surface area contributed by atoms with Crippen LogP contribution in [0.25, 0.3) is 11.0 Å². The van der Waals surface area contributed by atoms with Gasteiger partial charge in [0.15, 0.2) is 0 Å². The molecule has 1 saturated heterocycles. The number of piperidine rings is 1. The van der Waals surface area contributed by atoms with Gasteiger partial charge in [-0.2, -0.15) is 0 Å². The molecule has 2 aromatic heterocycles. The Morgan fingerprint density at radius 2 is 2.08 bits per heavy atom. The third-order valence-electron chi connectivity index (χ3n) is 5.39. The second-order valence-electron chi connectivity index (χ2n) is 7.21. The Hall–Kier alpha value is -2.21. The molecule has 0 spiro atoms. The van der Waals surface area contributed by atoms with Crippen LogP contribution in [0, 0.1) is 13.8 Å². The van der Waals surface area contributed by atoms with Crippen molar-refractivity contribution in [3.8, 4) is 0 Å². The highest BCUT2D eigenvalue weighted by atomic mass is 15.4. The zero-order chi connectivity index (χ0) is 17.4. The average molecular weight is 338 g/mol. The van der Waals surface area contributed by atoms with E-state index in [-0.39, 0.29) is 0 Å². The van der Waals surface area contributed by atoms with E-state index >= 15 is 0 Å². The van der Waals surface area contributed by atoms with Gasteiger partial charge in [0.1, 0.15) is 12.4 Å². The molecule has 1 aliphatic rings. The minimum Gasteiger partial charge on any atom is -0.340 e. The standard InChI is InChI=1S/C19H26N6/c1-4-24-7-5-6-15(10-24)18-11-25(23-22-18)12-19-20-16-8-13(2)14(3)9-17(16)21-19/h8-9,11,15H,4-7,10,12H2,1-3H3,(H,20,21)/t15-/m1/s1. The Kier molecular flexibility index (Phi) is 4.29. The van der Waals surface area contributed by atoms with Crippen LogP contribution in [0.4, 0.5) is 0 Å². The third-order valence-corrected chi connectivity index (χ3v) is 5.39. The second-order valence-corrected chi connectivity index (χ2v) is 7.21. The quantitative estimate of drug-likeness (QED) is 0.794. The molecule has 1 aromatic carbocycles. The zero-order valence-corrected chi connectivity index (χ0v) is 15.3. The largest absolute Gasteiger partial charge is 0.340 e. The first-order valence-electron chi connectivity index (χ1n) is 9.20. The molecule has 132 valence electrons. The van der Waals surface area contributed by atoms with E-state index < -0.39 is 0 Å². The van der Waals surface area contributed by atoms with Gasteiger partial charge in [-0.25, -0.2) is 9.67 Å². The number of nitrogens with zero attached hydrogens (tertiary/aromatic N) is 5. The summed E-state index contributed by atoms with van der Waals surface area (Å²) < 4.78 is 1.90. The van der Waals surface area contributed by atoms with Crippen LogP contribution in [0.2, 0.25) is 0 Å². The first-order chi connectivity index (χ1) is 12.1. The van der Waals surface area contributed by atoms with Crippen LogP contribution in [0.15, 0.2) is 18.3 Å². The van der Waals surface area contributed by atoms with Crippen molar-refractivity contribution >= 4 is 11.0 Å². The van der Waals surface area contributed by atoms with E-state index in [2.05, 4.69) is 59.3 Å². The molecule has 1 fully saturated rings. The molecular formula is C19H26N6. The lowest BCUT2D eigenvalue weighted by Crippen LogP contribution is -2.34. The van der Waals surface area contributed by atoms with Crippen LogP contribution in [0.1, 0.15) is 48.3 Å². The fraction of sp³-hybridized carbons (Fsp3) is 0.526. The normalized spacial score (nSPS) is 18.9. The smallest absolute Gasteiger partial charge is 0.129 e. The van der Waals surface area contributed by atoms with Gasteiger partial charge >= 0.3 is 0 Å². The maximum absolute atomic E-state index is 4.70. The molecule has 6 nitrogen and oxygen atoms in total. The number of fused-ring (bicyclic) bond motifs is 1. The molecule has 4 rings (SSSR count). The molecule has 3 heterocycles. The molecule has 1 N–H and O–H groups in total. The molecule has 0 bridgehead atoms. The molecule has 0 amide bonds. The molecule has 0 aliphatic carbocycles. The Morgan fingerprint density at radius 3 is 2.92 bits per heavy atom. The third kappa shape index (κ3) is 3.31. The van der Waals surface area contributed by atoms with Gasteiger partial charge in [-0.1, -0.05) is 12.1 Å². The van der Waals surface area contributed by atoms with Gasteiger partial charge in [0, 0.05) is 18.7 Å². The minimum absolute atomic E-state index is 0.503. The van der Waals surface area contributed by atoms with Crippen molar-refractivity contribution in [2.24, 2.45) is 0 Å². The number of benzene rings is 1. The minimum atomic E-state index is 0.503. The van der Waals surface area contributed by atoms with Gasteiger partial charge < -0.3 is 9.88 Å². The summed E-state index contributed by atoms with van der Waals surface area (Å²) in [7, 11) is 0. The number of hydrogen-bond donors (Lipinski definition) is 1. The van der Waals surface area contributed by atoms with Gasteiger partial charge in [-0.15, -0.1) is 5.10 Å². The van der Waals surface area contributed by atoms with Gasteiger partial charge in [0.25, 0.3) is 0 Å². The maximum atomic E-state index is 4.70. The number of imidazole rings is 1. The highest BCUT2D eigenvalue weighted by Crippen LogP contribution is 2.25. The van der Waals surface area contributed by atoms with Crippen LogP contribution in [-0.2, 0) is 6.54 Å². The summed E-state index contributed by atoms with van der Waals surface area (Å²) in [6, 6.07) is 4.30. The molecule has 1 atom stereocenters. The summed E-state index contributed by atoms with van der Waals surface area (Å²) in [5.41, 5.74) is 5.77. The average Bonchev–Trinajstić information content (AvgIpc) is 3.22. The van der Waals surface area contributed by atoms with Gasteiger partial charge in [0.2, 0.25) is 0 Å². The highest BCUT2D eigenvalue weighted by Gasteiger charge is 2.22. The van der Waals surface area contributed by atoms with Crippen molar-refractivity contribution in [3.05, 3.63) is 41.0 Å². The first-order valence-corrected chi connectivity index (χ1v) is 9.20. The Bertz CT molecular complexity index is 838. The Morgan fingerprint density at radius 1 is 1.24 bits per heavy atom. The monoisotopic (exact) mass is 338 g/mol. The summed E-state index contributed by atoms with van der Waals surface area (Å²) in [5.74, 6) is 1.43. The lowest BCUT2D eigenvalue weighted by molar-refractivity contribution is 0.216. The number of likely N-dealkylation sites (N-methyl/N-ethyl adjacent to an activating group) is 1. The number of aromatic nitrogens is 5. The van der Waals surface area contributed by atoms with E-state index in [1.165, 1.54) is 30.5 Å². The number of likely N-dealkylation sites (tertiary alicyclic amines) is 1. The van der Waals surface area contributed by atoms with E-state index in [1.807, 2.05) is 4.68 Å². The van der Waals surface area contributed by atoms with Gasteiger partial charge in [0.05, 0.1) is 16.7 Å². The number of nitrogens with one attached hydrogen (secondary N) is 1. The first kappa shape index (κ1) is 16.3. The summed E-state index contributed by atoms with van der Waals surface area (Å²) in [4.78, 5) is 10.6. The molecule has 0 radical (unpaired) electrons. The lowest BCUT2D eigenvalue weighted by Gasteiger charge is -2.30. The van der Waals surface area contributed by atoms with E-state index in [0.717, 1.165) is 35.6 Å². The lowest BCUT2D eigenvalue weighted by atomic mass is 9.95. The van der Waals surface area contributed by atoms with Crippen LogP contribution in [0.3, 0.4) is 0 Å². The van der Waals surface area contributed by atoms with E-state index in [4.69, 9.17) is 4.98 Å². The van der Waals surface area contributed by atoms with Crippen molar-refractivity contribution in [2.75, 3.05) is 19.6 Å². The zero-order valence-electron chi connectivity index (χ0n) is 15.3. The number of hydrogen-bond acceptors (Lipinski definition) is 4. The number of aromatic amines is 1. The fourth-order valence-electron chi connectivity index (χ4n) is 3.71. The predicted octanol–water partition coefficient (Wildman–Crippen LogP) is 3.02. The summed E-state index contributed by atoms with van der Waals surface area (Å²) in [5, 5.41) is 8.76. The van der Waals surface area contributed by atoms with E-state index in [1.54, 1.807) is 0 Å². The van der Waals surface area contributed by atoms with E-state index in [9.17, 15) is 0 Å². The highest BCUT2D eigenvalue weighted by molar-refractivity contribution is 5.77. The van der Waals surface area contributed by atoms with Gasteiger partial charge in [-0.3, -0.25) is 0 Å². The molecule has 0 saturated carbocycles. The molecule has 1 aliphatic heterocycles. The molecule has 0 unspecified atom stereocenters. The topological polar surface area (TPSA) is 62.6 Å². The number of rotatable bonds is 4. The summed E-state index contributed by atoms with van der Waals surface area (Å²) in [6.45, 7) is 10.5. The second kappa shape index (κ2) is 6.59. The molecule has 6 heteroatoms. The SMILES string of the molecule is CCN1CCC[C@@H](c2cn(Cc3nc4cc(C)c(C)cc4[nH]3)nn2)C1. The van der Waals surface area contributed by atoms with Crippen LogP contribution in [-0.4, -0.2) is 49.5 Å². The molecule has 3 aromatic rings. The fourth-order valence-corrected chi connectivity index (χ4v) is 3.71. The summed E-state index contributed by atoms with van der Waals surface area (Å²) in [6.07, 6.45) is 4.54. The van der Waals surface area contributed by atoms with Crippen molar-refractivity contribution in [1.82, 2.24) is 29.9 Å². The van der Waals surface area contributed by atoms with Crippen molar-refractivity contribution in [1.29, 1.82) is 0 Å². The van der Waals surface area contributed by atoms with Crippen molar-refractivity contribution in [3.63, 3.8) is 0 Å². The number of aryl methyl sites for hydroxylation is 2. The number of H-pyrrole nitrogens is 1. The van der Waals surface area contributed by atoms with Gasteiger partial charge in [-0.05, 0) is 63.0 Å². The predicted molar refractivity (Wildman–Crippen MR) is 98.8 cm³/mol. The van der Waals surface area contributed by atoms with Crippen LogP contribution < -0.4 is 0 Å². The summed E-state index contributed by atoms with van der Waals surface area (Å²) >= 11 is 0. The molecule has 25 heavy (non-hydrogen) atoms. The Labute approximate surface area is 148 Å². The van der Waals surface area contributed by atoms with E-state index in [0.29, 0.717) is 12.5 Å². The molecular weight excluding hydrogens is 312 g/mol. The maximum Gasteiger partial charge on any atom is 0.129 e. The van der Waals surface area contributed by atoms with Crippen LogP contribution in [0.5, 0.6) is 0 Å². The van der Waals surface area contributed by atoms with Crippen LogP contribution >= 0.6 is 0 Å².